The van der Waals surface area contributed by atoms with Crippen molar-refractivity contribution in [3.05, 3.63) is 0 Å². The van der Waals surface area contributed by atoms with E-state index in [9.17, 15) is 14.4 Å². The van der Waals surface area contributed by atoms with E-state index in [-0.39, 0.29) is 23.7 Å². The Kier molecular flexibility index (Phi) is 32.0. The summed E-state index contributed by atoms with van der Waals surface area (Å²) in [6.07, 6.45) is 24.5. The van der Waals surface area contributed by atoms with Crippen LogP contribution in [0.4, 0.5) is 0 Å². The quantitative estimate of drug-likeness (QED) is 0.0533. The molecule has 0 rings (SSSR count). The highest BCUT2D eigenvalue weighted by molar-refractivity contribution is 7.99. The Morgan fingerprint density at radius 2 is 1.17 bits per heavy atom. The molecule has 0 aliphatic carbocycles. The van der Waals surface area contributed by atoms with Gasteiger partial charge < -0.3 is 19.9 Å². The molecule has 2 unspecified atom stereocenters. The number of unbranched alkanes of at least 4 members (excludes halogenated alkanes) is 14. The molecule has 7 nitrogen and oxygen atoms in total. The molecule has 0 radical (unpaired) electrons. The number of amides is 2. The number of carbonyl (C=O) groups excluding carboxylic acids is 3. The summed E-state index contributed by atoms with van der Waals surface area (Å²) >= 11 is 1.66. The van der Waals surface area contributed by atoms with Crippen LogP contribution < -0.4 is 5.32 Å². The smallest absolute Gasteiger partial charge is 0.306 e. The third-order valence-electron chi connectivity index (χ3n) is 9.25. The number of hydrogen-bond donors (Lipinski definition) is 1. The standard InChI is InChI=1S/C40H79N3O4S/c1-8-10-12-14-16-17-19-23-27-36(26-22-18-15-13-11-9-2)39(45)41-37(40(46)43(7)31-30-42(5)6)28-33-48-34-29-38(44)47-32-24-20-21-25-35(3)4/h35-37H,8-34H2,1-7H3,(H,41,45). The Labute approximate surface area is 302 Å². The van der Waals surface area contributed by atoms with Gasteiger partial charge in [-0.3, -0.25) is 14.4 Å². The summed E-state index contributed by atoms with van der Waals surface area (Å²) in [5.74, 6) is 1.94. The van der Waals surface area contributed by atoms with E-state index in [1.165, 1.54) is 89.9 Å². The summed E-state index contributed by atoms with van der Waals surface area (Å²) in [5, 5.41) is 3.22. The Morgan fingerprint density at radius 3 is 1.71 bits per heavy atom. The van der Waals surface area contributed by atoms with Gasteiger partial charge in [0.15, 0.2) is 0 Å². The molecule has 0 aliphatic rings. The lowest BCUT2D eigenvalue weighted by Crippen LogP contribution is -2.50. The second kappa shape index (κ2) is 32.9. The molecule has 1 N–H and O–H groups in total. The Bertz CT molecular complexity index is 780. The molecule has 0 aromatic rings. The average molecular weight is 698 g/mol. The lowest BCUT2D eigenvalue weighted by Gasteiger charge is -2.27. The van der Waals surface area contributed by atoms with Gasteiger partial charge in [-0.15, -0.1) is 0 Å². The molecule has 48 heavy (non-hydrogen) atoms. The van der Waals surface area contributed by atoms with Crippen LogP contribution >= 0.6 is 11.8 Å². The van der Waals surface area contributed by atoms with Gasteiger partial charge in [-0.05, 0) is 51.4 Å². The molecule has 0 heterocycles. The number of nitrogens with one attached hydrogen (secondary N) is 1. The number of rotatable bonds is 34. The monoisotopic (exact) mass is 698 g/mol. The molecule has 0 spiro atoms. The molecule has 0 fully saturated rings. The minimum absolute atomic E-state index is 0.0203. The van der Waals surface area contributed by atoms with E-state index in [1.54, 1.807) is 16.7 Å². The predicted molar refractivity (Wildman–Crippen MR) is 208 cm³/mol. The van der Waals surface area contributed by atoms with Gasteiger partial charge in [0.25, 0.3) is 0 Å². The van der Waals surface area contributed by atoms with E-state index in [0.717, 1.165) is 51.0 Å². The summed E-state index contributed by atoms with van der Waals surface area (Å²) in [4.78, 5) is 43.4. The van der Waals surface area contributed by atoms with Gasteiger partial charge in [-0.25, -0.2) is 0 Å². The molecular formula is C40H79N3O4S. The molecule has 0 saturated heterocycles. The van der Waals surface area contributed by atoms with E-state index < -0.39 is 6.04 Å². The van der Waals surface area contributed by atoms with Crippen LogP contribution in [-0.4, -0.2) is 86.0 Å². The largest absolute Gasteiger partial charge is 0.466 e. The van der Waals surface area contributed by atoms with E-state index in [1.807, 2.05) is 21.1 Å². The van der Waals surface area contributed by atoms with Crippen molar-refractivity contribution < 1.29 is 19.1 Å². The normalized spacial score (nSPS) is 12.8. The fourth-order valence-electron chi connectivity index (χ4n) is 5.92. The molecule has 8 heteroatoms. The molecule has 0 aromatic heterocycles. The van der Waals surface area contributed by atoms with Crippen molar-refractivity contribution in [3.8, 4) is 0 Å². The van der Waals surface area contributed by atoms with E-state index in [2.05, 4.69) is 37.9 Å². The van der Waals surface area contributed by atoms with Crippen LogP contribution in [0.3, 0.4) is 0 Å². The second-order valence-electron chi connectivity index (χ2n) is 14.8. The fourth-order valence-corrected chi connectivity index (χ4v) is 6.84. The summed E-state index contributed by atoms with van der Waals surface area (Å²) in [5.41, 5.74) is 0. The third kappa shape index (κ3) is 28.5. The van der Waals surface area contributed by atoms with Crippen molar-refractivity contribution in [3.63, 3.8) is 0 Å². The van der Waals surface area contributed by atoms with E-state index >= 15 is 0 Å². The highest BCUT2D eigenvalue weighted by Crippen LogP contribution is 2.21. The van der Waals surface area contributed by atoms with Crippen molar-refractivity contribution in [1.29, 1.82) is 0 Å². The predicted octanol–water partition coefficient (Wildman–Crippen LogP) is 9.66. The SMILES string of the molecule is CCCCCCCCCCC(CCCCCCCC)C(=O)NC(CCSCCC(=O)OCCCCCC(C)C)C(=O)N(C)CCN(C)C. The molecular weight excluding hydrogens is 619 g/mol. The molecule has 284 valence electrons. The van der Waals surface area contributed by atoms with Gasteiger partial charge >= 0.3 is 5.97 Å². The van der Waals surface area contributed by atoms with Crippen molar-refractivity contribution in [1.82, 2.24) is 15.1 Å². The summed E-state index contributed by atoms with van der Waals surface area (Å²) in [7, 11) is 5.85. The zero-order valence-electron chi connectivity index (χ0n) is 32.8. The zero-order valence-corrected chi connectivity index (χ0v) is 33.6. The van der Waals surface area contributed by atoms with Crippen LogP contribution in [0.1, 0.15) is 169 Å². The van der Waals surface area contributed by atoms with Crippen molar-refractivity contribution in [2.45, 2.75) is 175 Å². The number of ether oxygens (including phenoxy) is 1. The van der Waals surface area contributed by atoms with Gasteiger partial charge in [0.2, 0.25) is 11.8 Å². The lowest BCUT2D eigenvalue weighted by molar-refractivity contribution is -0.143. The second-order valence-corrected chi connectivity index (χ2v) is 16.0. The average Bonchev–Trinajstić information content (AvgIpc) is 3.05. The molecule has 0 bridgehead atoms. The molecule has 2 atom stereocenters. The Balaban J connectivity index is 5.04. The maximum absolute atomic E-state index is 13.8. The van der Waals surface area contributed by atoms with E-state index in [4.69, 9.17) is 4.74 Å². The number of esters is 1. The van der Waals surface area contributed by atoms with Gasteiger partial charge in [0.1, 0.15) is 6.04 Å². The van der Waals surface area contributed by atoms with E-state index in [0.29, 0.717) is 37.5 Å². The number of hydrogen-bond acceptors (Lipinski definition) is 6. The van der Waals surface area contributed by atoms with Crippen LogP contribution in [0.2, 0.25) is 0 Å². The number of carbonyl (C=O) groups is 3. The minimum atomic E-state index is -0.541. The summed E-state index contributed by atoms with van der Waals surface area (Å²) < 4.78 is 5.43. The summed E-state index contributed by atoms with van der Waals surface area (Å²) in [6, 6.07) is -0.541. The summed E-state index contributed by atoms with van der Waals surface area (Å²) in [6.45, 7) is 10.9. The number of likely N-dealkylation sites (N-methyl/N-ethyl adjacent to an activating group) is 2. The maximum atomic E-state index is 13.8. The van der Waals surface area contributed by atoms with Crippen molar-refractivity contribution in [2.75, 3.05) is 52.3 Å². The zero-order chi connectivity index (χ0) is 35.8. The third-order valence-corrected chi connectivity index (χ3v) is 10.3. The van der Waals surface area contributed by atoms with Crippen LogP contribution in [0.15, 0.2) is 0 Å². The first kappa shape index (κ1) is 46.7. The molecule has 0 aromatic carbocycles. The highest BCUT2D eigenvalue weighted by atomic mass is 32.2. The van der Waals surface area contributed by atoms with Crippen molar-refractivity contribution >= 4 is 29.5 Å². The first-order valence-electron chi connectivity index (χ1n) is 20.1. The van der Waals surface area contributed by atoms with Gasteiger partial charge in [0.05, 0.1) is 13.0 Å². The first-order chi connectivity index (χ1) is 23.1. The van der Waals surface area contributed by atoms with Gasteiger partial charge in [0, 0.05) is 31.8 Å². The maximum Gasteiger partial charge on any atom is 0.306 e. The first-order valence-corrected chi connectivity index (χ1v) is 21.2. The molecule has 0 saturated carbocycles. The van der Waals surface area contributed by atoms with Crippen LogP contribution in [0.5, 0.6) is 0 Å². The van der Waals surface area contributed by atoms with Crippen LogP contribution in [0.25, 0.3) is 0 Å². The Hall–Kier alpha value is -1.28. The lowest BCUT2D eigenvalue weighted by atomic mass is 9.92. The highest BCUT2D eigenvalue weighted by Gasteiger charge is 2.27. The fraction of sp³-hybridized carbons (Fsp3) is 0.925. The van der Waals surface area contributed by atoms with Gasteiger partial charge in [-0.2, -0.15) is 11.8 Å². The van der Waals surface area contributed by atoms with Crippen LogP contribution in [-0.2, 0) is 19.1 Å². The van der Waals surface area contributed by atoms with Gasteiger partial charge in [-0.1, -0.05) is 137 Å². The Morgan fingerprint density at radius 1 is 0.646 bits per heavy atom. The minimum Gasteiger partial charge on any atom is -0.466 e. The topological polar surface area (TPSA) is 78.9 Å². The number of thioether (sulfide) groups is 1. The van der Waals surface area contributed by atoms with Crippen molar-refractivity contribution in [2.24, 2.45) is 11.8 Å². The molecule has 0 aliphatic heterocycles. The van der Waals surface area contributed by atoms with Crippen LogP contribution in [0, 0.1) is 11.8 Å². The molecule has 2 amide bonds. The number of nitrogens with zero attached hydrogens (tertiary/aromatic N) is 2.